The first-order valence-corrected chi connectivity index (χ1v) is 15.1. The van der Waals surface area contributed by atoms with Gasteiger partial charge in [-0.3, -0.25) is 0 Å². The highest BCUT2D eigenvalue weighted by molar-refractivity contribution is 5.90. The highest BCUT2D eigenvalue weighted by Crippen LogP contribution is 2.57. The van der Waals surface area contributed by atoms with Gasteiger partial charge in [-0.25, -0.2) is 9.97 Å². The molecule has 0 fully saturated rings. The van der Waals surface area contributed by atoms with Gasteiger partial charge in [-0.05, 0) is 80.9 Å². The minimum Gasteiger partial charge on any atom is -0.248 e. The fourth-order valence-corrected chi connectivity index (χ4v) is 6.88. The number of benzene rings is 5. The van der Waals surface area contributed by atoms with Gasteiger partial charge in [-0.2, -0.15) is 5.26 Å². The standard InChI is InChI=1S/C42H27N3/c43-28-35-25-32(23-24-44-35)41-18-10-17-40(45-41)31-20-22-39-37(27-31)36-26-30(29-11-4-1-5-12-29)19-21-38(36)42(39,33-13-6-2-7-14-33)34-15-8-3-9-16-34/h1-27H. The van der Waals surface area contributed by atoms with E-state index in [0.717, 1.165) is 22.5 Å². The Kier molecular flexibility index (Phi) is 6.40. The van der Waals surface area contributed by atoms with E-state index in [1.54, 1.807) is 12.3 Å². The lowest BCUT2D eigenvalue weighted by atomic mass is 9.67. The molecule has 0 radical (unpaired) electrons. The van der Waals surface area contributed by atoms with Gasteiger partial charge in [0.25, 0.3) is 0 Å². The van der Waals surface area contributed by atoms with Gasteiger partial charge in [0, 0.05) is 17.3 Å². The van der Waals surface area contributed by atoms with Crippen LogP contribution in [0.25, 0.3) is 44.8 Å². The summed E-state index contributed by atoms with van der Waals surface area (Å²) < 4.78 is 0. The van der Waals surface area contributed by atoms with E-state index in [4.69, 9.17) is 4.98 Å². The lowest BCUT2D eigenvalue weighted by Crippen LogP contribution is -2.28. The first kappa shape index (κ1) is 26.5. The van der Waals surface area contributed by atoms with E-state index in [2.05, 4.69) is 145 Å². The Morgan fingerprint density at radius 1 is 0.467 bits per heavy atom. The molecule has 7 aromatic rings. The highest BCUT2D eigenvalue weighted by Gasteiger charge is 2.46. The lowest BCUT2D eigenvalue weighted by Gasteiger charge is -2.34. The number of nitriles is 1. The van der Waals surface area contributed by atoms with E-state index in [1.807, 2.05) is 18.2 Å². The average molecular weight is 574 g/mol. The molecule has 8 rings (SSSR count). The van der Waals surface area contributed by atoms with Crippen LogP contribution in [0.5, 0.6) is 0 Å². The zero-order valence-corrected chi connectivity index (χ0v) is 24.4. The largest absolute Gasteiger partial charge is 0.248 e. The van der Waals surface area contributed by atoms with E-state index < -0.39 is 5.41 Å². The van der Waals surface area contributed by atoms with E-state index in [-0.39, 0.29) is 0 Å². The summed E-state index contributed by atoms with van der Waals surface area (Å²) in [5.74, 6) is 0. The van der Waals surface area contributed by atoms with Crippen molar-refractivity contribution >= 4 is 0 Å². The lowest BCUT2D eigenvalue weighted by molar-refractivity contribution is 0.768. The Bertz CT molecular complexity index is 2180. The minimum absolute atomic E-state index is 0.376. The quantitative estimate of drug-likeness (QED) is 0.206. The van der Waals surface area contributed by atoms with Crippen molar-refractivity contribution in [2.45, 2.75) is 5.41 Å². The molecular formula is C42H27N3. The van der Waals surface area contributed by atoms with E-state index >= 15 is 0 Å². The third-order valence-electron chi connectivity index (χ3n) is 8.87. The molecule has 1 aliphatic rings. The number of hydrogen-bond donors (Lipinski definition) is 0. The fraction of sp³-hybridized carbons (Fsp3) is 0.0238. The Balaban J connectivity index is 1.37. The number of hydrogen-bond acceptors (Lipinski definition) is 3. The van der Waals surface area contributed by atoms with Crippen LogP contribution >= 0.6 is 0 Å². The molecule has 0 spiro atoms. The maximum absolute atomic E-state index is 9.38. The van der Waals surface area contributed by atoms with Crippen LogP contribution in [0.4, 0.5) is 0 Å². The first-order chi connectivity index (χ1) is 22.3. The molecule has 2 heterocycles. The van der Waals surface area contributed by atoms with Gasteiger partial charge in [0.05, 0.1) is 16.8 Å². The summed E-state index contributed by atoms with van der Waals surface area (Å²) in [4.78, 5) is 9.18. The van der Waals surface area contributed by atoms with Crippen LogP contribution in [-0.4, -0.2) is 9.97 Å². The summed E-state index contributed by atoms with van der Waals surface area (Å²) in [5, 5.41) is 9.38. The number of aromatic nitrogens is 2. The third kappa shape index (κ3) is 4.35. The highest BCUT2D eigenvalue weighted by atomic mass is 14.7. The second-order valence-corrected chi connectivity index (χ2v) is 11.3. The smallest absolute Gasteiger partial charge is 0.141 e. The summed E-state index contributed by atoms with van der Waals surface area (Å²) >= 11 is 0. The SMILES string of the molecule is N#Cc1cc(-c2cccc(-c3ccc4c(c3)-c3cc(-c5ccccc5)ccc3C4(c3ccccc3)c3ccccc3)n2)ccn1. The van der Waals surface area contributed by atoms with Gasteiger partial charge in [-0.15, -0.1) is 0 Å². The van der Waals surface area contributed by atoms with Crippen LogP contribution < -0.4 is 0 Å². The van der Waals surface area contributed by atoms with Gasteiger partial charge in [0.2, 0.25) is 0 Å². The third-order valence-corrected chi connectivity index (χ3v) is 8.87. The van der Waals surface area contributed by atoms with Crippen molar-refractivity contribution < 1.29 is 0 Å². The molecule has 0 aliphatic heterocycles. The van der Waals surface area contributed by atoms with E-state index in [0.29, 0.717) is 5.69 Å². The Morgan fingerprint density at radius 2 is 1.00 bits per heavy atom. The summed E-state index contributed by atoms with van der Waals surface area (Å²) in [5.41, 5.74) is 13.3. The number of fused-ring (bicyclic) bond motifs is 3. The summed E-state index contributed by atoms with van der Waals surface area (Å²) in [7, 11) is 0. The molecule has 0 bridgehead atoms. The van der Waals surface area contributed by atoms with Crippen molar-refractivity contribution in [3.63, 3.8) is 0 Å². The molecule has 3 nitrogen and oxygen atoms in total. The zero-order valence-electron chi connectivity index (χ0n) is 24.4. The van der Waals surface area contributed by atoms with Crippen LogP contribution in [0.15, 0.2) is 164 Å². The molecular weight excluding hydrogens is 546 g/mol. The molecule has 0 amide bonds. The van der Waals surface area contributed by atoms with Crippen LogP contribution in [-0.2, 0) is 5.41 Å². The summed E-state index contributed by atoms with van der Waals surface area (Å²) in [6, 6.07) is 57.9. The molecule has 1 aliphatic carbocycles. The Labute approximate surface area is 262 Å². The topological polar surface area (TPSA) is 49.6 Å². The second-order valence-electron chi connectivity index (χ2n) is 11.3. The molecule has 3 heteroatoms. The van der Waals surface area contributed by atoms with Crippen LogP contribution in [0.1, 0.15) is 27.9 Å². The molecule has 5 aromatic carbocycles. The van der Waals surface area contributed by atoms with Crippen molar-refractivity contribution in [3.8, 4) is 50.8 Å². The first-order valence-electron chi connectivity index (χ1n) is 15.1. The number of rotatable bonds is 5. The second kappa shape index (κ2) is 10.9. The van der Waals surface area contributed by atoms with Crippen molar-refractivity contribution in [1.29, 1.82) is 5.26 Å². The van der Waals surface area contributed by atoms with E-state index in [9.17, 15) is 5.26 Å². The fourth-order valence-electron chi connectivity index (χ4n) is 6.88. The molecule has 210 valence electrons. The maximum atomic E-state index is 9.38. The number of pyridine rings is 2. The zero-order chi connectivity index (χ0) is 30.2. The van der Waals surface area contributed by atoms with Crippen molar-refractivity contribution in [3.05, 3.63) is 192 Å². The van der Waals surface area contributed by atoms with Crippen LogP contribution in [0, 0.1) is 11.3 Å². The molecule has 45 heavy (non-hydrogen) atoms. The van der Waals surface area contributed by atoms with E-state index in [1.165, 1.54) is 44.5 Å². The Hall–Kier alpha value is -6.11. The monoisotopic (exact) mass is 573 g/mol. The predicted molar refractivity (Wildman–Crippen MR) is 180 cm³/mol. The van der Waals surface area contributed by atoms with Crippen LogP contribution in [0.2, 0.25) is 0 Å². The minimum atomic E-state index is -0.471. The van der Waals surface area contributed by atoms with Gasteiger partial charge < -0.3 is 0 Å². The van der Waals surface area contributed by atoms with Crippen molar-refractivity contribution in [2.24, 2.45) is 0 Å². The number of nitrogens with zero attached hydrogens (tertiary/aromatic N) is 3. The predicted octanol–water partition coefficient (Wildman–Crippen LogP) is 9.71. The molecule has 0 saturated heterocycles. The molecule has 0 N–H and O–H groups in total. The van der Waals surface area contributed by atoms with Gasteiger partial charge in [0.1, 0.15) is 11.8 Å². The summed E-state index contributed by atoms with van der Waals surface area (Å²) in [6.45, 7) is 0. The van der Waals surface area contributed by atoms with Gasteiger partial charge >= 0.3 is 0 Å². The molecule has 2 aromatic heterocycles. The summed E-state index contributed by atoms with van der Waals surface area (Å²) in [6.07, 6.45) is 1.66. The van der Waals surface area contributed by atoms with Crippen molar-refractivity contribution in [2.75, 3.05) is 0 Å². The van der Waals surface area contributed by atoms with Gasteiger partial charge in [-0.1, -0.05) is 121 Å². The Morgan fingerprint density at radius 3 is 1.60 bits per heavy atom. The average Bonchev–Trinajstić information content (AvgIpc) is 3.42. The normalized spacial score (nSPS) is 12.6. The van der Waals surface area contributed by atoms with Crippen molar-refractivity contribution in [1.82, 2.24) is 9.97 Å². The van der Waals surface area contributed by atoms with Crippen LogP contribution in [0.3, 0.4) is 0 Å². The molecule has 0 atom stereocenters. The molecule has 0 unspecified atom stereocenters. The van der Waals surface area contributed by atoms with Gasteiger partial charge in [0.15, 0.2) is 0 Å². The molecule has 0 saturated carbocycles. The maximum Gasteiger partial charge on any atom is 0.141 e.